The van der Waals surface area contributed by atoms with E-state index in [1.807, 2.05) is 23.9 Å². The van der Waals surface area contributed by atoms with E-state index in [1.54, 1.807) is 0 Å². The van der Waals surface area contributed by atoms with Crippen LogP contribution in [-0.4, -0.2) is 9.97 Å². The van der Waals surface area contributed by atoms with Gasteiger partial charge in [-0.2, -0.15) is 0 Å². The fourth-order valence-electron chi connectivity index (χ4n) is 9.70. The molecule has 0 fully saturated rings. The van der Waals surface area contributed by atoms with Crippen molar-refractivity contribution < 1.29 is 0 Å². The summed E-state index contributed by atoms with van der Waals surface area (Å²) < 4.78 is 0. The molecule has 2 heterocycles. The molecule has 0 unspecified atom stereocenters. The van der Waals surface area contributed by atoms with Crippen LogP contribution in [0.25, 0.3) is 78.4 Å². The normalized spacial score (nSPS) is 12.9. The van der Waals surface area contributed by atoms with Gasteiger partial charge < -0.3 is 0 Å². The van der Waals surface area contributed by atoms with Crippen molar-refractivity contribution in [2.75, 3.05) is 0 Å². The summed E-state index contributed by atoms with van der Waals surface area (Å²) in [6.07, 6.45) is 0. The highest BCUT2D eigenvalue weighted by atomic mass is 32.2. The lowest BCUT2D eigenvalue weighted by atomic mass is 9.67. The number of aromatic nitrogens is 2. The predicted octanol–water partition coefficient (Wildman–Crippen LogP) is 15.3. The van der Waals surface area contributed by atoms with Crippen LogP contribution < -0.4 is 0 Å². The Morgan fingerprint density at radius 2 is 0.694 bits per heavy atom. The zero-order valence-electron chi connectivity index (χ0n) is 33.7. The molecule has 0 saturated carbocycles. The molecule has 0 radical (unpaired) electrons. The minimum absolute atomic E-state index is 0.378. The van der Waals surface area contributed by atoms with Crippen LogP contribution in [0.15, 0.2) is 240 Å². The molecule has 1 aromatic heterocycles. The van der Waals surface area contributed by atoms with Gasteiger partial charge in [0.15, 0.2) is 5.82 Å². The summed E-state index contributed by atoms with van der Waals surface area (Å²) in [5, 5.41) is 0. The van der Waals surface area contributed by atoms with E-state index < -0.39 is 0 Å². The van der Waals surface area contributed by atoms with Gasteiger partial charge in [-0.05, 0) is 97.1 Å². The highest BCUT2D eigenvalue weighted by molar-refractivity contribution is 7.99. The minimum Gasteiger partial charge on any atom is -0.228 e. The van der Waals surface area contributed by atoms with E-state index in [1.165, 1.54) is 65.4 Å². The van der Waals surface area contributed by atoms with Gasteiger partial charge in [0.1, 0.15) is 0 Å². The monoisotopic (exact) mass is 806 g/mol. The van der Waals surface area contributed by atoms with Gasteiger partial charge in [0.05, 0.1) is 16.8 Å². The van der Waals surface area contributed by atoms with Gasteiger partial charge in [-0.25, -0.2) is 9.97 Å². The molecule has 12 rings (SSSR count). The number of rotatable bonds is 6. The third-order valence-electron chi connectivity index (χ3n) is 12.6. The van der Waals surface area contributed by atoms with Crippen molar-refractivity contribution in [1.82, 2.24) is 9.97 Å². The maximum absolute atomic E-state index is 5.20. The van der Waals surface area contributed by atoms with Crippen molar-refractivity contribution in [2.45, 2.75) is 15.2 Å². The number of fused-ring (bicyclic) bond motifs is 9. The number of hydrogen-bond donors (Lipinski definition) is 0. The van der Waals surface area contributed by atoms with Gasteiger partial charge in [0.25, 0.3) is 0 Å². The Labute approximate surface area is 366 Å². The molecule has 0 amide bonds. The Morgan fingerprint density at radius 3 is 1.34 bits per heavy atom. The Kier molecular flexibility index (Phi) is 8.69. The van der Waals surface area contributed by atoms with E-state index in [9.17, 15) is 0 Å². The van der Waals surface area contributed by atoms with E-state index >= 15 is 0 Å². The van der Waals surface area contributed by atoms with Gasteiger partial charge in [-0.1, -0.05) is 212 Å². The van der Waals surface area contributed by atoms with E-state index in [-0.39, 0.29) is 5.41 Å². The van der Waals surface area contributed by atoms with Crippen LogP contribution in [-0.2, 0) is 5.41 Å². The van der Waals surface area contributed by atoms with Crippen molar-refractivity contribution in [1.29, 1.82) is 0 Å². The smallest absolute Gasteiger partial charge is 0.160 e. The molecular weight excluding hydrogens is 769 g/mol. The first-order valence-corrected chi connectivity index (χ1v) is 22.0. The maximum atomic E-state index is 5.20. The minimum atomic E-state index is -0.378. The van der Waals surface area contributed by atoms with Crippen LogP contribution in [0.5, 0.6) is 0 Å². The van der Waals surface area contributed by atoms with Crippen LogP contribution in [0.2, 0.25) is 0 Å². The molecular formula is C59H38N2S. The zero-order chi connectivity index (χ0) is 41.0. The second-order valence-electron chi connectivity index (χ2n) is 16.1. The van der Waals surface area contributed by atoms with Crippen molar-refractivity contribution in [3.8, 4) is 78.4 Å². The molecule has 1 spiro atoms. The summed E-state index contributed by atoms with van der Waals surface area (Å²) in [5.41, 5.74) is 19.5. The molecule has 10 aromatic rings. The molecule has 2 aliphatic rings. The fourth-order valence-corrected chi connectivity index (χ4v) is 10.9. The molecule has 1 aliphatic carbocycles. The SMILES string of the molecule is c1ccc(-c2ccc(-c3cc(-c4ccccc4)nc(-c4cccc(-c5cccc(-c6ccc7c(c6)Sc6ccccc6C76c7ccccc7-c7ccccc76)c5)c4)n3)cc2)cc1. The quantitative estimate of drug-likeness (QED) is 0.167. The predicted molar refractivity (Wildman–Crippen MR) is 256 cm³/mol. The Bertz CT molecular complexity index is 3270. The molecule has 2 nitrogen and oxygen atoms in total. The van der Waals surface area contributed by atoms with E-state index in [4.69, 9.17) is 9.97 Å². The summed E-state index contributed by atoms with van der Waals surface area (Å²) in [7, 11) is 0. The largest absolute Gasteiger partial charge is 0.228 e. The third kappa shape index (κ3) is 5.96. The van der Waals surface area contributed by atoms with Crippen LogP contribution in [0.4, 0.5) is 0 Å². The van der Waals surface area contributed by atoms with Gasteiger partial charge in [0.2, 0.25) is 0 Å². The maximum Gasteiger partial charge on any atom is 0.160 e. The van der Waals surface area contributed by atoms with Crippen molar-refractivity contribution in [3.63, 3.8) is 0 Å². The Hall–Kier alpha value is -7.59. The lowest BCUT2D eigenvalue weighted by Crippen LogP contribution is -2.31. The molecule has 1 aliphatic heterocycles. The molecule has 290 valence electrons. The first-order chi connectivity index (χ1) is 30.7. The fraction of sp³-hybridized carbons (Fsp3) is 0.0169. The lowest BCUT2D eigenvalue weighted by Gasteiger charge is -2.39. The van der Waals surface area contributed by atoms with Crippen molar-refractivity contribution in [2.24, 2.45) is 0 Å². The molecule has 0 saturated heterocycles. The Balaban J connectivity index is 0.924. The molecule has 9 aromatic carbocycles. The second kappa shape index (κ2) is 14.8. The molecule has 0 atom stereocenters. The third-order valence-corrected chi connectivity index (χ3v) is 13.7. The summed E-state index contributed by atoms with van der Waals surface area (Å²) in [6, 6.07) is 83.3. The van der Waals surface area contributed by atoms with Gasteiger partial charge in [-0.3, -0.25) is 0 Å². The lowest BCUT2D eigenvalue weighted by molar-refractivity contribution is 0.722. The van der Waals surface area contributed by atoms with Gasteiger partial charge in [-0.15, -0.1) is 0 Å². The summed E-state index contributed by atoms with van der Waals surface area (Å²) in [6.45, 7) is 0. The average Bonchev–Trinajstić information content (AvgIpc) is 3.65. The number of hydrogen-bond acceptors (Lipinski definition) is 3. The molecule has 62 heavy (non-hydrogen) atoms. The standard InChI is InChI=1S/C59H38N2S/c1-3-15-39(16-4-1)40-29-31-42(32-30-40)55-38-54(41-17-5-2-6-18-41)60-58(61-55)47-22-14-21-45(36-47)43-19-13-20-44(35-43)46-33-34-53-57(37-46)62-56-28-12-11-27-52(56)59(53)50-25-9-7-23-48(50)49-24-8-10-26-51(49)59/h1-38H. The van der Waals surface area contributed by atoms with Crippen LogP contribution in [0.3, 0.4) is 0 Å². The number of benzene rings is 9. The summed E-state index contributed by atoms with van der Waals surface area (Å²) in [4.78, 5) is 13.0. The molecule has 0 N–H and O–H groups in total. The van der Waals surface area contributed by atoms with Crippen molar-refractivity contribution >= 4 is 11.8 Å². The van der Waals surface area contributed by atoms with Crippen LogP contribution in [0.1, 0.15) is 22.3 Å². The number of nitrogens with zero attached hydrogens (tertiary/aromatic N) is 2. The highest BCUT2D eigenvalue weighted by Crippen LogP contribution is 2.62. The molecule has 3 heteroatoms. The van der Waals surface area contributed by atoms with Gasteiger partial charge in [0, 0.05) is 26.5 Å². The first kappa shape index (κ1) is 36.3. The van der Waals surface area contributed by atoms with Gasteiger partial charge >= 0.3 is 0 Å². The zero-order valence-corrected chi connectivity index (χ0v) is 34.6. The van der Waals surface area contributed by atoms with Crippen molar-refractivity contribution in [3.05, 3.63) is 253 Å². The van der Waals surface area contributed by atoms with Crippen LogP contribution in [0, 0.1) is 0 Å². The van der Waals surface area contributed by atoms with E-state index in [0.29, 0.717) is 5.82 Å². The summed E-state index contributed by atoms with van der Waals surface area (Å²) in [5.74, 6) is 0.697. The summed E-state index contributed by atoms with van der Waals surface area (Å²) >= 11 is 1.89. The average molecular weight is 807 g/mol. The van der Waals surface area contributed by atoms with E-state index in [0.717, 1.165) is 39.2 Å². The molecule has 0 bridgehead atoms. The van der Waals surface area contributed by atoms with E-state index in [2.05, 4.69) is 218 Å². The first-order valence-electron chi connectivity index (χ1n) is 21.1. The van der Waals surface area contributed by atoms with Crippen LogP contribution >= 0.6 is 11.8 Å². The Morgan fingerprint density at radius 1 is 0.274 bits per heavy atom. The second-order valence-corrected chi connectivity index (χ2v) is 17.2. The highest BCUT2D eigenvalue weighted by Gasteiger charge is 2.50. The topological polar surface area (TPSA) is 25.8 Å².